The monoisotopic (exact) mass is 758 g/mol. The molecular formula is C54H55BN2O. The summed E-state index contributed by atoms with van der Waals surface area (Å²) in [6.07, 6.45) is 2.37. The largest absolute Gasteiger partial charge is 0.456 e. The maximum absolute atomic E-state index is 6.67. The van der Waals surface area contributed by atoms with Crippen LogP contribution in [0.4, 0.5) is 11.4 Å². The Morgan fingerprint density at radius 1 is 0.621 bits per heavy atom. The number of nitrogens with zero attached hydrogens (tertiary/aromatic N) is 2. The van der Waals surface area contributed by atoms with Crippen LogP contribution in [0.15, 0.2) is 95.4 Å². The summed E-state index contributed by atoms with van der Waals surface area (Å²) in [7, 11) is 0. The maximum atomic E-state index is 6.67. The molecule has 1 aliphatic carbocycles. The number of para-hydroxylation sites is 1. The molecule has 0 amide bonds. The van der Waals surface area contributed by atoms with E-state index in [0.29, 0.717) is 0 Å². The van der Waals surface area contributed by atoms with Gasteiger partial charge in [-0.25, -0.2) is 0 Å². The van der Waals surface area contributed by atoms with E-state index in [1.807, 2.05) is 0 Å². The first-order valence-electron chi connectivity index (χ1n) is 21.5. The molecule has 0 saturated heterocycles. The quantitative estimate of drug-likeness (QED) is 0.156. The third-order valence-electron chi connectivity index (χ3n) is 14.5. The third kappa shape index (κ3) is 4.75. The van der Waals surface area contributed by atoms with Crippen LogP contribution in [0.1, 0.15) is 115 Å². The van der Waals surface area contributed by atoms with Crippen LogP contribution in [-0.2, 0) is 21.7 Å². The van der Waals surface area contributed by atoms with Gasteiger partial charge in [0.05, 0.1) is 11.0 Å². The minimum absolute atomic E-state index is 0.0316. The van der Waals surface area contributed by atoms with Gasteiger partial charge in [-0.1, -0.05) is 112 Å². The van der Waals surface area contributed by atoms with E-state index < -0.39 is 0 Å². The van der Waals surface area contributed by atoms with E-state index in [4.69, 9.17) is 4.42 Å². The second-order valence-electron chi connectivity index (χ2n) is 21.4. The highest BCUT2D eigenvalue weighted by atomic mass is 16.3. The Morgan fingerprint density at radius 2 is 1.31 bits per heavy atom. The highest BCUT2D eigenvalue weighted by Crippen LogP contribution is 2.53. The fourth-order valence-electron chi connectivity index (χ4n) is 11.1. The van der Waals surface area contributed by atoms with Crippen molar-refractivity contribution in [3.63, 3.8) is 0 Å². The minimum Gasteiger partial charge on any atom is -0.456 e. The van der Waals surface area contributed by atoms with E-state index in [2.05, 4.69) is 183 Å². The topological polar surface area (TPSA) is 21.3 Å². The zero-order valence-electron chi connectivity index (χ0n) is 36.5. The highest BCUT2D eigenvalue weighted by molar-refractivity contribution is 6.93. The Kier molecular flexibility index (Phi) is 6.99. The van der Waals surface area contributed by atoms with Gasteiger partial charge in [-0.05, 0) is 147 Å². The average Bonchev–Trinajstić information content (AvgIpc) is 3.70. The smallest absolute Gasteiger partial charge is 0.333 e. The van der Waals surface area contributed by atoms with Crippen molar-refractivity contribution in [1.29, 1.82) is 0 Å². The van der Waals surface area contributed by atoms with E-state index in [-0.39, 0.29) is 28.5 Å². The zero-order valence-corrected chi connectivity index (χ0v) is 36.5. The molecule has 2 aliphatic heterocycles. The first-order valence-corrected chi connectivity index (χ1v) is 21.5. The Balaban J connectivity index is 1.35. The van der Waals surface area contributed by atoms with Crippen LogP contribution in [0, 0.1) is 13.8 Å². The predicted octanol–water partition coefficient (Wildman–Crippen LogP) is 13.5. The van der Waals surface area contributed by atoms with Crippen molar-refractivity contribution in [2.45, 2.75) is 118 Å². The average molecular weight is 759 g/mol. The Morgan fingerprint density at radius 3 is 2.03 bits per heavy atom. The number of furan rings is 1. The second-order valence-corrected chi connectivity index (χ2v) is 21.4. The van der Waals surface area contributed by atoms with Gasteiger partial charge in [0.1, 0.15) is 11.2 Å². The van der Waals surface area contributed by atoms with E-state index in [0.717, 1.165) is 11.2 Å². The molecule has 3 nitrogen and oxygen atoms in total. The van der Waals surface area contributed by atoms with E-state index in [9.17, 15) is 0 Å². The molecule has 0 fully saturated rings. The third-order valence-corrected chi connectivity index (χ3v) is 14.5. The molecule has 8 aromatic rings. The van der Waals surface area contributed by atoms with Gasteiger partial charge in [0.2, 0.25) is 0 Å². The van der Waals surface area contributed by atoms with E-state index in [1.54, 1.807) is 0 Å². The molecule has 11 rings (SSSR count). The highest BCUT2D eigenvalue weighted by Gasteiger charge is 2.47. The molecule has 0 saturated carbocycles. The SMILES string of the molecule is Cc1cc2c3c(c1)-n1c4ccc(C(C)(C)C)cc4c4cc(C(C)(C)C)cc(c41)B3N(c1cc3c(cc1C)C(C)(C)CCC3(C)C)c1ccc3oc4ccccc4c3c1-2. The molecule has 0 atom stereocenters. The van der Waals surface area contributed by atoms with Crippen LogP contribution < -0.4 is 15.7 Å². The molecule has 0 N–H and O–H groups in total. The lowest BCUT2D eigenvalue weighted by atomic mass is 9.43. The number of hydrogen-bond acceptors (Lipinski definition) is 2. The molecule has 4 heterocycles. The first kappa shape index (κ1) is 35.9. The molecule has 0 spiro atoms. The number of aryl methyl sites for hydroxylation is 2. The van der Waals surface area contributed by atoms with Gasteiger partial charge in [-0.15, -0.1) is 0 Å². The number of benzene rings is 6. The Labute approximate surface area is 344 Å². The van der Waals surface area contributed by atoms with Crippen molar-refractivity contribution in [2.24, 2.45) is 0 Å². The molecule has 0 bridgehead atoms. The second kappa shape index (κ2) is 11.3. The summed E-state index contributed by atoms with van der Waals surface area (Å²) in [6.45, 7) is 28.5. The summed E-state index contributed by atoms with van der Waals surface area (Å²) < 4.78 is 9.29. The fraction of sp³-hybridized carbons (Fsp3) is 0.333. The van der Waals surface area contributed by atoms with Gasteiger partial charge in [0.15, 0.2) is 0 Å². The van der Waals surface area contributed by atoms with Gasteiger partial charge >= 0.3 is 6.85 Å². The molecular weight excluding hydrogens is 703 g/mol. The lowest BCUT2D eigenvalue weighted by Crippen LogP contribution is -2.61. The minimum atomic E-state index is -0.0479. The molecule has 0 radical (unpaired) electrons. The number of rotatable bonds is 1. The Hall–Kier alpha value is -5.22. The summed E-state index contributed by atoms with van der Waals surface area (Å²) in [6, 6.07) is 35.6. The van der Waals surface area contributed by atoms with Gasteiger partial charge in [-0.3, -0.25) is 0 Å². The van der Waals surface area contributed by atoms with Crippen molar-refractivity contribution >= 4 is 72.9 Å². The summed E-state index contributed by atoms with van der Waals surface area (Å²) in [5.74, 6) is 0. The van der Waals surface area contributed by atoms with Gasteiger partial charge in [0.25, 0.3) is 0 Å². The van der Waals surface area contributed by atoms with Crippen LogP contribution >= 0.6 is 0 Å². The van der Waals surface area contributed by atoms with Crippen LogP contribution in [0.5, 0.6) is 0 Å². The lowest BCUT2D eigenvalue weighted by molar-refractivity contribution is 0.332. The van der Waals surface area contributed by atoms with Crippen molar-refractivity contribution in [3.05, 3.63) is 124 Å². The summed E-state index contributed by atoms with van der Waals surface area (Å²) >= 11 is 0. The van der Waals surface area contributed by atoms with Crippen LogP contribution in [0.3, 0.4) is 0 Å². The number of hydrogen-bond donors (Lipinski definition) is 0. The zero-order chi connectivity index (χ0) is 40.6. The van der Waals surface area contributed by atoms with E-state index in [1.165, 1.54) is 118 Å². The molecule has 290 valence electrons. The Bertz CT molecular complexity index is 3120. The molecule has 6 aromatic carbocycles. The number of aromatic nitrogens is 1. The van der Waals surface area contributed by atoms with Crippen LogP contribution in [-0.4, -0.2) is 11.4 Å². The van der Waals surface area contributed by atoms with Crippen molar-refractivity contribution in [1.82, 2.24) is 4.57 Å². The molecule has 58 heavy (non-hydrogen) atoms. The molecule has 4 heteroatoms. The standard InChI is InChI=1S/C54H55BN2O/c1-30-23-37-47-42(19-20-46-48(47)34-15-13-14-16-45(34)58-46)57(43-29-39-38(25-31(43)2)53(9,10)21-22-54(39,11)12)55-40-28-33(52(6,7)8)27-36-35-26-32(51(3,4)5)17-18-41(35)56(50(36)40)44(24-30)49(37)55/h13-20,23-29H,21-22H2,1-12H3. The lowest BCUT2D eigenvalue weighted by Gasteiger charge is -2.46. The maximum Gasteiger partial charge on any atom is 0.333 e. The summed E-state index contributed by atoms with van der Waals surface area (Å²) in [5.41, 5.74) is 22.2. The number of anilines is 2. The van der Waals surface area contributed by atoms with Crippen LogP contribution in [0.25, 0.3) is 60.6 Å². The molecule has 3 aliphatic rings. The van der Waals surface area contributed by atoms with Crippen LogP contribution in [0.2, 0.25) is 0 Å². The summed E-state index contributed by atoms with van der Waals surface area (Å²) in [4.78, 5) is 2.76. The normalized spacial score (nSPS) is 16.7. The fourth-order valence-corrected chi connectivity index (χ4v) is 11.1. The van der Waals surface area contributed by atoms with Crippen molar-refractivity contribution < 1.29 is 4.42 Å². The van der Waals surface area contributed by atoms with Gasteiger partial charge in [0, 0.05) is 44.2 Å². The molecule has 0 unspecified atom stereocenters. The van der Waals surface area contributed by atoms with Gasteiger partial charge in [-0.2, -0.15) is 0 Å². The summed E-state index contributed by atoms with van der Waals surface area (Å²) in [5, 5.41) is 5.06. The van der Waals surface area contributed by atoms with E-state index >= 15 is 0 Å². The number of fused-ring (bicyclic) bond motifs is 12. The van der Waals surface area contributed by atoms with Crippen molar-refractivity contribution in [2.75, 3.05) is 4.81 Å². The van der Waals surface area contributed by atoms with Gasteiger partial charge < -0.3 is 13.8 Å². The van der Waals surface area contributed by atoms with Crippen molar-refractivity contribution in [3.8, 4) is 16.8 Å². The predicted molar refractivity (Wildman–Crippen MR) is 249 cm³/mol. The molecule has 2 aromatic heterocycles. The first-order chi connectivity index (χ1) is 27.3.